The molecule has 0 aliphatic heterocycles. The second kappa shape index (κ2) is 9.76. The maximum atomic E-state index is 13.5. The number of aliphatic hydroxyl groups is 3. The van der Waals surface area contributed by atoms with Gasteiger partial charge in [0.2, 0.25) is 0 Å². The lowest BCUT2D eigenvalue weighted by molar-refractivity contribution is -0.0339. The fourth-order valence-corrected chi connectivity index (χ4v) is 4.23. The first-order chi connectivity index (χ1) is 16.3. The summed E-state index contributed by atoms with van der Waals surface area (Å²) in [6.45, 7) is 4.34. The van der Waals surface area contributed by atoms with Crippen molar-refractivity contribution in [2.24, 2.45) is 0 Å². The van der Waals surface area contributed by atoms with Gasteiger partial charge in [-0.25, -0.2) is 0 Å². The first-order valence-corrected chi connectivity index (χ1v) is 11.3. The minimum Gasteiger partial charge on any atom is -0.493 e. The molecule has 3 aromatic rings. The smallest absolute Gasteiger partial charge is 0.197 e. The van der Waals surface area contributed by atoms with Crippen LogP contribution in [0.3, 0.4) is 0 Å². The highest BCUT2D eigenvalue weighted by Gasteiger charge is 2.41. The highest BCUT2D eigenvalue weighted by molar-refractivity contribution is 6.19. The number of aliphatic hydroxyl groups excluding tert-OH is 3. The molecule has 1 aliphatic carbocycles. The van der Waals surface area contributed by atoms with Gasteiger partial charge in [0.05, 0.1) is 18.8 Å². The van der Waals surface area contributed by atoms with Crippen LogP contribution in [-0.2, 0) is 10.2 Å². The summed E-state index contributed by atoms with van der Waals surface area (Å²) in [7, 11) is 1.65. The molecule has 8 nitrogen and oxygen atoms in total. The minimum atomic E-state index is -1.29. The molecule has 2 aromatic carbocycles. The van der Waals surface area contributed by atoms with Gasteiger partial charge >= 0.3 is 0 Å². The van der Waals surface area contributed by atoms with E-state index in [9.17, 15) is 15.0 Å². The number of ketones is 1. The summed E-state index contributed by atoms with van der Waals surface area (Å²) >= 11 is 0. The second-order valence-corrected chi connectivity index (χ2v) is 8.95. The Morgan fingerprint density at radius 3 is 2.47 bits per heavy atom. The van der Waals surface area contributed by atoms with Crippen LogP contribution in [0.5, 0.6) is 11.5 Å². The lowest BCUT2D eigenvalue weighted by Crippen LogP contribution is -2.34. The van der Waals surface area contributed by atoms with E-state index in [0.29, 0.717) is 47.2 Å². The third-order valence-corrected chi connectivity index (χ3v) is 6.18. The van der Waals surface area contributed by atoms with Crippen LogP contribution < -0.4 is 9.47 Å². The van der Waals surface area contributed by atoms with Crippen LogP contribution >= 0.6 is 0 Å². The van der Waals surface area contributed by atoms with Gasteiger partial charge in [0, 0.05) is 42.6 Å². The number of rotatable bonds is 10. The molecule has 34 heavy (non-hydrogen) atoms. The van der Waals surface area contributed by atoms with Gasteiger partial charge in [-0.1, -0.05) is 0 Å². The van der Waals surface area contributed by atoms with Crippen LogP contribution in [0, 0.1) is 0 Å². The van der Waals surface area contributed by atoms with Gasteiger partial charge in [0.1, 0.15) is 41.7 Å². The van der Waals surface area contributed by atoms with E-state index in [2.05, 4.69) is 0 Å². The molecular weight excluding hydrogens is 440 g/mol. The van der Waals surface area contributed by atoms with Gasteiger partial charge in [0.15, 0.2) is 5.78 Å². The SMILES string of the molecule is COCCCOc1ccc2c3c(oc2c1)C(C)(C)c1cc(OCC(O)C(O)CO)ccc1C3=O. The maximum absolute atomic E-state index is 13.5. The summed E-state index contributed by atoms with van der Waals surface area (Å²) < 4.78 is 22.7. The molecular formula is C26H30O8. The van der Waals surface area contributed by atoms with E-state index in [1.165, 1.54) is 0 Å². The van der Waals surface area contributed by atoms with Crippen LogP contribution in [0.2, 0.25) is 0 Å². The Kier molecular flexibility index (Phi) is 6.95. The highest BCUT2D eigenvalue weighted by atomic mass is 16.5. The zero-order valence-electron chi connectivity index (χ0n) is 19.5. The van der Waals surface area contributed by atoms with E-state index >= 15 is 0 Å². The Balaban J connectivity index is 1.64. The van der Waals surface area contributed by atoms with Crippen molar-refractivity contribution in [2.45, 2.75) is 37.9 Å². The number of fused-ring (bicyclic) bond motifs is 4. The van der Waals surface area contributed by atoms with Gasteiger partial charge < -0.3 is 33.9 Å². The largest absolute Gasteiger partial charge is 0.493 e. The Morgan fingerprint density at radius 1 is 1.00 bits per heavy atom. The predicted octanol–water partition coefficient (Wildman–Crippen LogP) is 2.81. The molecule has 1 aromatic heterocycles. The van der Waals surface area contributed by atoms with E-state index in [1.807, 2.05) is 26.0 Å². The zero-order valence-corrected chi connectivity index (χ0v) is 19.5. The molecule has 1 aliphatic rings. The molecule has 0 saturated heterocycles. The summed E-state index contributed by atoms with van der Waals surface area (Å²) in [4.78, 5) is 13.5. The molecule has 1 heterocycles. The number of benzene rings is 2. The summed E-state index contributed by atoms with van der Waals surface area (Å²) in [5, 5.41) is 29.1. The van der Waals surface area contributed by atoms with Crippen LogP contribution in [0.4, 0.5) is 0 Å². The van der Waals surface area contributed by atoms with Gasteiger partial charge in [-0.05, 0) is 49.7 Å². The van der Waals surface area contributed by atoms with Gasteiger partial charge in [-0.15, -0.1) is 0 Å². The summed E-state index contributed by atoms with van der Waals surface area (Å²) in [5.41, 5.74) is 1.81. The predicted molar refractivity (Wildman–Crippen MR) is 125 cm³/mol. The number of carbonyl (C=O) groups excluding carboxylic acids is 1. The number of hydrogen-bond donors (Lipinski definition) is 3. The first kappa shape index (κ1) is 24.2. The van der Waals surface area contributed by atoms with Crippen molar-refractivity contribution in [1.29, 1.82) is 0 Å². The summed E-state index contributed by atoms with van der Waals surface area (Å²) in [5.74, 6) is 1.55. The van der Waals surface area contributed by atoms with Gasteiger partial charge in [0.25, 0.3) is 0 Å². The lowest BCUT2D eigenvalue weighted by atomic mass is 9.71. The fourth-order valence-electron chi connectivity index (χ4n) is 4.23. The zero-order chi connectivity index (χ0) is 24.5. The molecule has 2 atom stereocenters. The Labute approximate surface area is 197 Å². The number of carbonyl (C=O) groups is 1. The van der Waals surface area contributed by atoms with Crippen LogP contribution in [-0.4, -0.2) is 66.8 Å². The standard InChI is InChI=1S/C26H30O8/c1-26(2)19-11-15(33-14-21(29)20(28)13-27)5-7-17(19)24(30)23-18-8-6-16(32-10-4-9-31-3)12-22(18)34-25(23)26/h5-8,11-12,20-21,27-29H,4,9-10,13-14H2,1-3H3. The van der Waals surface area contributed by atoms with E-state index in [-0.39, 0.29) is 12.4 Å². The average Bonchev–Trinajstić information content (AvgIpc) is 3.23. The third kappa shape index (κ3) is 4.42. The monoisotopic (exact) mass is 470 g/mol. The molecule has 0 fully saturated rings. The Hall–Kier alpha value is -2.91. The Morgan fingerprint density at radius 2 is 1.74 bits per heavy atom. The lowest BCUT2D eigenvalue weighted by Gasteiger charge is -2.31. The summed E-state index contributed by atoms with van der Waals surface area (Å²) in [6.07, 6.45) is -1.75. The van der Waals surface area contributed by atoms with Crippen molar-refractivity contribution in [3.05, 3.63) is 58.8 Å². The molecule has 0 amide bonds. The molecule has 8 heteroatoms. The van der Waals surface area contributed by atoms with Crippen LogP contribution in [0.25, 0.3) is 11.0 Å². The molecule has 0 saturated carbocycles. The van der Waals surface area contributed by atoms with Crippen molar-refractivity contribution in [3.63, 3.8) is 0 Å². The van der Waals surface area contributed by atoms with Gasteiger partial charge in [-0.3, -0.25) is 4.79 Å². The van der Waals surface area contributed by atoms with E-state index in [1.54, 1.807) is 31.4 Å². The second-order valence-electron chi connectivity index (χ2n) is 8.95. The number of furan rings is 1. The molecule has 0 bridgehead atoms. The van der Waals surface area contributed by atoms with Crippen molar-refractivity contribution < 1.29 is 38.7 Å². The van der Waals surface area contributed by atoms with E-state index < -0.39 is 24.2 Å². The van der Waals surface area contributed by atoms with Crippen LogP contribution in [0.15, 0.2) is 40.8 Å². The molecule has 3 N–H and O–H groups in total. The van der Waals surface area contributed by atoms with Crippen molar-refractivity contribution in [3.8, 4) is 11.5 Å². The number of ether oxygens (including phenoxy) is 3. The number of methoxy groups -OCH3 is 1. The van der Waals surface area contributed by atoms with E-state index in [4.69, 9.17) is 23.7 Å². The van der Waals surface area contributed by atoms with Crippen molar-refractivity contribution in [1.82, 2.24) is 0 Å². The van der Waals surface area contributed by atoms with E-state index in [0.717, 1.165) is 17.4 Å². The minimum absolute atomic E-state index is 0.126. The third-order valence-electron chi connectivity index (χ3n) is 6.18. The molecule has 0 radical (unpaired) electrons. The Bertz CT molecular complexity index is 1180. The van der Waals surface area contributed by atoms with Gasteiger partial charge in [-0.2, -0.15) is 0 Å². The quantitative estimate of drug-likeness (QED) is 0.387. The van der Waals surface area contributed by atoms with Crippen LogP contribution in [0.1, 0.15) is 47.5 Å². The van der Waals surface area contributed by atoms with Crippen molar-refractivity contribution >= 4 is 16.8 Å². The average molecular weight is 471 g/mol. The molecule has 182 valence electrons. The first-order valence-electron chi connectivity index (χ1n) is 11.3. The fraction of sp³-hybridized carbons (Fsp3) is 0.423. The number of hydrogen-bond acceptors (Lipinski definition) is 8. The van der Waals surface area contributed by atoms with Crippen molar-refractivity contribution in [2.75, 3.05) is 33.5 Å². The maximum Gasteiger partial charge on any atom is 0.197 e. The molecule has 2 unspecified atom stereocenters. The topological polar surface area (TPSA) is 119 Å². The summed E-state index contributed by atoms with van der Waals surface area (Å²) in [6, 6.07) is 10.6. The normalized spacial score (nSPS) is 16.1. The molecule has 4 rings (SSSR count). The highest BCUT2D eigenvalue weighted by Crippen LogP contribution is 2.46. The molecule has 0 spiro atoms.